The SMILES string of the molecule is Cn1c(=O)c2ccc(C(=O)NC3CCNCC3)nc2n(C)c1=O. The van der Waals surface area contributed by atoms with Gasteiger partial charge >= 0.3 is 5.69 Å². The van der Waals surface area contributed by atoms with Crippen LogP contribution >= 0.6 is 0 Å². The molecule has 1 aliphatic heterocycles. The number of amides is 1. The second-order valence-electron chi connectivity index (χ2n) is 5.77. The molecule has 8 heteroatoms. The van der Waals surface area contributed by atoms with E-state index in [9.17, 15) is 14.4 Å². The van der Waals surface area contributed by atoms with Crippen molar-refractivity contribution < 1.29 is 4.79 Å². The number of aromatic nitrogens is 3. The van der Waals surface area contributed by atoms with Crippen LogP contribution in [0.5, 0.6) is 0 Å². The molecule has 0 saturated carbocycles. The van der Waals surface area contributed by atoms with Crippen LogP contribution in [0.3, 0.4) is 0 Å². The van der Waals surface area contributed by atoms with Crippen LogP contribution in [0.2, 0.25) is 0 Å². The Morgan fingerprint density at radius 2 is 1.91 bits per heavy atom. The first-order valence-corrected chi connectivity index (χ1v) is 7.57. The van der Waals surface area contributed by atoms with Gasteiger partial charge in [0.15, 0.2) is 0 Å². The zero-order valence-electron chi connectivity index (χ0n) is 13.1. The van der Waals surface area contributed by atoms with Gasteiger partial charge in [0.2, 0.25) is 0 Å². The molecule has 23 heavy (non-hydrogen) atoms. The van der Waals surface area contributed by atoms with Gasteiger partial charge in [0.25, 0.3) is 11.5 Å². The molecule has 3 heterocycles. The number of hydrogen-bond acceptors (Lipinski definition) is 5. The topological polar surface area (TPSA) is 98.0 Å². The fourth-order valence-corrected chi connectivity index (χ4v) is 2.81. The fourth-order valence-electron chi connectivity index (χ4n) is 2.81. The number of hydrogen-bond donors (Lipinski definition) is 2. The van der Waals surface area contributed by atoms with Crippen molar-refractivity contribution in [2.45, 2.75) is 18.9 Å². The number of nitrogens with zero attached hydrogens (tertiary/aromatic N) is 3. The molecular formula is C15H19N5O3. The van der Waals surface area contributed by atoms with Crippen molar-refractivity contribution in [2.75, 3.05) is 13.1 Å². The lowest BCUT2D eigenvalue weighted by atomic mass is 10.1. The van der Waals surface area contributed by atoms with Crippen molar-refractivity contribution >= 4 is 16.9 Å². The maximum Gasteiger partial charge on any atom is 0.332 e. The molecule has 0 unspecified atom stereocenters. The number of piperidine rings is 1. The Bertz CT molecular complexity index is 877. The zero-order valence-corrected chi connectivity index (χ0v) is 13.1. The summed E-state index contributed by atoms with van der Waals surface area (Å²) in [5.41, 5.74) is -0.456. The lowest BCUT2D eigenvalue weighted by Crippen LogP contribution is -2.43. The maximum atomic E-state index is 12.3. The molecule has 1 aliphatic rings. The van der Waals surface area contributed by atoms with Gasteiger partial charge in [-0.2, -0.15) is 0 Å². The highest BCUT2D eigenvalue weighted by atomic mass is 16.2. The Labute approximate surface area is 132 Å². The maximum absolute atomic E-state index is 12.3. The number of pyridine rings is 1. The summed E-state index contributed by atoms with van der Waals surface area (Å²) in [5, 5.41) is 6.50. The van der Waals surface area contributed by atoms with Crippen LogP contribution in [0.15, 0.2) is 21.7 Å². The largest absolute Gasteiger partial charge is 0.348 e. The van der Waals surface area contributed by atoms with E-state index in [-0.39, 0.29) is 23.3 Å². The molecule has 1 saturated heterocycles. The van der Waals surface area contributed by atoms with Gasteiger partial charge in [-0.05, 0) is 38.1 Å². The minimum absolute atomic E-state index is 0.119. The van der Waals surface area contributed by atoms with Gasteiger partial charge in [-0.25, -0.2) is 9.78 Å². The van der Waals surface area contributed by atoms with Crippen molar-refractivity contribution in [2.24, 2.45) is 14.1 Å². The van der Waals surface area contributed by atoms with Gasteiger partial charge in [-0.3, -0.25) is 18.7 Å². The third-order valence-electron chi connectivity index (χ3n) is 4.21. The summed E-state index contributed by atoms with van der Waals surface area (Å²) in [7, 11) is 2.95. The van der Waals surface area contributed by atoms with Crippen molar-refractivity contribution in [3.8, 4) is 0 Å². The van der Waals surface area contributed by atoms with Crippen molar-refractivity contribution in [1.82, 2.24) is 24.8 Å². The smallest absolute Gasteiger partial charge is 0.332 e. The van der Waals surface area contributed by atoms with Gasteiger partial charge in [-0.15, -0.1) is 0 Å². The zero-order chi connectivity index (χ0) is 16.6. The van der Waals surface area contributed by atoms with E-state index in [1.807, 2.05) is 0 Å². The Morgan fingerprint density at radius 1 is 1.22 bits per heavy atom. The minimum Gasteiger partial charge on any atom is -0.348 e. The van der Waals surface area contributed by atoms with Gasteiger partial charge in [0.1, 0.15) is 11.3 Å². The van der Waals surface area contributed by atoms with Crippen LogP contribution in [-0.2, 0) is 14.1 Å². The summed E-state index contributed by atoms with van der Waals surface area (Å²) in [6, 6.07) is 3.18. The van der Waals surface area contributed by atoms with E-state index in [0.717, 1.165) is 30.5 Å². The monoisotopic (exact) mass is 317 g/mol. The molecule has 0 atom stereocenters. The summed E-state index contributed by atoms with van der Waals surface area (Å²) in [6.07, 6.45) is 1.75. The summed E-state index contributed by atoms with van der Waals surface area (Å²) in [4.78, 5) is 40.6. The third kappa shape index (κ3) is 2.77. The van der Waals surface area contributed by atoms with Gasteiger partial charge in [-0.1, -0.05) is 0 Å². The molecule has 0 radical (unpaired) electrons. The van der Waals surface area contributed by atoms with Crippen LogP contribution in [0, 0.1) is 0 Å². The molecular weight excluding hydrogens is 298 g/mol. The molecule has 2 N–H and O–H groups in total. The second kappa shape index (κ2) is 5.96. The summed E-state index contributed by atoms with van der Waals surface area (Å²) < 4.78 is 2.30. The molecule has 3 rings (SSSR count). The van der Waals surface area contributed by atoms with E-state index in [1.165, 1.54) is 24.7 Å². The Kier molecular flexibility index (Phi) is 3.99. The first-order valence-electron chi connectivity index (χ1n) is 7.57. The predicted octanol–water partition coefficient (Wildman–Crippen LogP) is -0.886. The van der Waals surface area contributed by atoms with Crippen molar-refractivity contribution in [1.29, 1.82) is 0 Å². The first-order chi connectivity index (χ1) is 11.0. The Morgan fingerprint density at radius 3 is 2.61 bits per heavy atom. The molecule has 1 amide bonds. The average Bonchev–Trinajstić information content (AvgIpc) is 2.58. The van der Waals surface area contributed by atoms with E-state index in [2.05, 4.69) is 15.6 Å². The van der Waals surface area contributed by atoms with E-state index >= 15 is 0 Å². The van der Waals surface area contributed by atoms with Crippen LogP contribution in [0.4, 0.5) is 0 Å². The van der Waals surface area contributed by atoms with Crippen LogP contribution in [-0.4, -0.2) is 39.2 Å². The summed E-state index contributed by atoms with van der Waals surface area (Å²) >= 11 is 0. The van der Waals surface area contributed by atoms with E-state index < -0.39 is 11.2 Å². The minimum atomic E-state index is -0.467. The number of carbonyl (C=O) groups excluding carboxylic acids is 1. The third-order valence-corrected chi connectivity index (χ3v) is 4.21. The Balaban J connectivity index is 1.98. The van der Waals surface area contributed by atoms with Crippen molar-refractivity contribution in [3.05, 3.63) is 38.7 Å². The number of carbonyl (C=O) groups is 1. The molecule has 0 aromatic carbocycles. The molecule has 2 aromatic heterocycles. The lowest BCUT2D eigenvalue weighted by molar-refractivity contribution is 0.0925. The lowest BCUT2D eigenvalue weighted by Gasteiger charge is -2.23. The quantitative estimate of drug-likeness (QED) is 0.749. The number of aryl methyl sites for hydroxylation is 1. The van der Waals surface area contributed by atoms with Crippen molar-refractivity contribution in [3.63, 3.8) is 0 Å². The second-order valence-corrected chi connectivity index (χ2v) is 5.77. The molecule has 2 aromatic rings. The van der Waals surface area contributed by atoms with E-state index in [0.29, 0.717) is 5.39 Å². The summed E-state index contributed by atoms with van der Waals surface area (Å²) in [6.45, 7) is 1.75. The number of nitrogens with one attached hydrogen (secondary N) is 2. The normalized spacial score (nSPS) is 15.7. The molecule has 0 aliphatic carbocycles. The number of fused-ring (bicyclic) bond motifs is 1. The highest BCUT2D eigenvalue weighted by molar-refractivity contribution is 5.94. The van der Waals surface area contributed by atoms with Crippen LogP contribution < -0.4 is 21.9 Å². The fraction of sp³-hybridized carbons (Fsp3) is 0.467. The standard InChI is InChI=1S/C15H19N5O3/c1-19-12-10(14(22)20(2)15(19)23)3-4-11(18-12)13(21)17-9-5-7-16-8-6-9/h3-4,9,16H,5-8H2,1-2H3,(H,17,21). The van der Waals surface area contributed by atoms with E-state index in [1.54, 1.807) is 6.07 Å². The molecule has 0 spiro atoms. The average molecular weight is 317 g/mol. The Hall–Kier alpha value is -2.48. The molecule has 1 fully saturated rings. The van der Waals surface area contributed by atoms with E-state index in [4.69, 9.17) is 0 Å². The van der Waals surface area contributed by atoms with Crippen LogP contribution in [0.25, 0.3) is 11.0 Å². The van der Waals surface area contributed by atoms with Gasteiger partial charge < -0.3 is 10.6 Å². The molecule has 0 bridgehead atoms. The molecule has 122 valence electrons. The highest BCUT2D eigenvalue weighted by Crippen LogP contribution is 2.08. The highest BCUT2D eigenvalue weighted by Gasteiger charge is 2.18. The van der Waals surface area contributed by atoms with Gasteiger partial charge in [0, 0.05) is 20.1 Å². The summed E-state index contributed by atoms with van der Waals surface area (Å²) in [5.74, 6) is -0.285. The first kappa shape index (κ1) is 15.4. The predicted molar refractivity (Wildman–Crippen MR) is 85.6 cm³/mol. The molecule has 8 nitrogen and oxygen atoms in total. The van der Waals surface area contributed by atoms with Crippen LogP contribution in [0.1, 0.15) is 23.3 Å². The van der Waals surface area contributed by atoms with Gasteiger partial charge in [0.05, 0.1) is 5.39 Å². The number of rotatable bonds is 2.